The topological polar surface area (TPSA) is 89.8 Å². The summed E-state index contributed by atoms with van der Waals surface area (Å²) in [5.74, 6) is -0.372. The second-order valence-corrected chi connectivity index (χ2v) is 8.75. The van der Waals surface area contributed by atoms with Gasteiger partial charge in [0.05, 0.1) is 15.6 Å². The molecule has 0 aliphatic carbocycles. The number of thiazole rings is 1. The molecular weight excluding hydrogens is 418 g/mol. The summed E-state index contributed by atoms with van der Waals surface area (Å²) in [5, 5.41) is 11.9. The predicted molar refractivity (Wildman–Crippen MR) is 120 cm³/mol. The molecule has 1 amide bonds. The Morgan fingerprint density at radius 1 is 1.07 bits per heavy atom. The highest BCUT2D eigenvalue weighted by Gasteiger charge is 2.21. The minimum atomic E-state index is -0.832. The van der Waals surface area contributed by atoms with E-state index < -0.39 is 6.04 Å². The van der Waals surface area contributed by atoms with Crippen molar-refractivity contribution in [1.82, 2.24) is 20.0 Å². The van der Waals surface area contributed by atoms with E-state index in [4.69, 9.17) is 0 Å². The third-order valence-corrected chi connectivity index (χ3v) is 6.73. The van der Waals surface area contributed by atoms with Gasteiger partial charge in [0.2, 0.25) is 0 Å². The molecule has 0 saturated carbocycles. The summed E-state index contributed by atoms with van der Waals surface area (Å²) in [6.07, 6.45) is 0. The summed E-state index contributed by atoms with van der Waals surface area (Å²) in [5.41, 5.74) is 1.48. The monoisotopic (exact) mass is 433 g/mol. The molecule has 5 aromatic rings. The van der Waals surface area contributed by atoms with Gasteiger partial charge in [-0.1, -0.05) is 59.0 Å². The first-order chi connectivity index (χ1) is 14.6. The van der Waals surface area contributed by atoms with Crippen molar-refractivity contribution < 1.29 is 4.79 Å². The third kappa shape index (κ3) is 3.27. The molecule has 1 atom stereocenters. The number of rotatable bonds is 4. The van der Waals surface area contributed by atoms with Crippen LogP contribution in [0, 0.1) is 0 Å². The van der Waals surface area contributed by atoms with Gasteiger partial charge in [0, 0.05) is 4.88 Å². The Morgan fingerprint density at radius 3 is 2.63 bits per heavy atom. The second kappa shape index (κ2) is 7.43. The predicted octanol–water partition coefficient (Wildman–Crippen LogP) is 4.33. The van der Waals surface area contributed by atoms with Crippen LogP contribution >= 0.6 is 22.7 Å². The van der Waals surface area contributed by atoms with Gasteiger partial charge in [0.15, 0.2) is 9.96 Å². The Bertz CT molecular complexity index is 1410. The molecule has 1 N–H and O–H groups in total. The maximum atomic E-state index is 13.0. The number of carbonyl (C=O) groups is 1. The summed E-state index contributed by atoms with van der Waals surface area (Å²) < 4.78 is 2.09. The summed E-state index contributed by atoms with van der Waals surface area (Å²) in [7, 11) is 0. The van der Waals surface area contributed by atoms with Crippen molar-refractivity contribution >= 4 is 54.1 Å². The average molecular weight is 434 g/mol. The fourth-order valence-electron chi connectivity index (χ4n) is 3.11. The van der Waals surface area contributed by atoms with E-state index in [1.165, 1.54) is 22.7 Å². The van der Waals surface area contributed by atoms with Crippen molar-refractivity contribution in [1.29, 1.82) is 0 Å². The first kappa shape index (κ1) is 18.6. The highest BCUT2D eigenvalue weighted by atomic mass is 32.1. The lowest BCUT2D eigenvalue weighted by Gasteiger charge is -2.11. The normalized spacial score (nSPS) is 12.3. The van der Waals surface area contributed by atoms with Gasteiger partial charge in [0.1, 0.15) is 6.04 Å². The van der Waals surface area contributed by atoms with Gasteiger partial charge >= 0.3 is 0 Å². The van der Waals surface area contributed by atoms with Crippen molar-refractivity contribution in [3.63, 3.8) is 0 Å². The number of fused-ring (bicyclic) bond motifs is 2. The van der Waals surface area contributed by atoms with E-state index in [9.17, 15) is 9.59 Å². The van der Waals surface area contributed by atoms with Gasteiger partial charge in [0.25, 0.3) is 11.5 Å². The van der Waals surface area contributed by atoms with Crippen molar-refractivity contribution in [3.8, 4) is 10.4 Å². The Labute approximate surface area is 178 Å². The number of nitrogens with one attached hydrogen (secondary N) is 1. The van der Waals surface area contributed by atoms with Gasteiger partial charge in [-0.15, -0.1) is 16.4 Å². The summed E-state index contributed by atoms with van der Waals surface area (Å²) in [6, 6.07) is 18.4. The van der Waals surface area contributed by atoms with Crippen LogP contribution in [0.5, 0.6) is 0 Å². The van der Waals surface area contributed by atoms with Crippen LogP contribution in [0.3, 0.4) is 0 Å². The smallest absolute Gasteiger partial charge is 0.279 e. The Kier molecular flexibility index (Phi) is 4.61. The molecule has 7 nitrogen and oxygen atoms in total. The van der Waals surface area contributed by atoms with Gasteiger partial charge < -0.3 is 5.32 Å². The van der Waals surface area contributed by atoms with Crippen LogP contribution in [-0.4, -0.2) is 25.9 Å². The zero-order valence-electron chi connectivity index (χ0n) is 15.8. The molecule has 30 heavy (non-hydrogen) atoms. The molecule has 0 fully saturated rings. The highest BCUT2D eigenvalue weighted by molar-refractivity contribution is 7.22. The molecule has 0 bridgehead atoms. The third-order valence-electron chi connectivity index (χ3n) is 4.71. The summed E-state index contributed by atoms with van der Waals surface area (Å²) in [4.78, 5) is 31.6. The van der Waals surface area contributed by atoms with Crippen LogP contribution < -0.4 is 10.9 Å². The van der Waals surface area contributed by atoms with Gasteiger partial charge in [-0.2, -0.15) is 4.68 Å². The number of para-hydroxylation sites is 1. The van der Waals surface area contributed by atoms with Crippen LogP contribution in [0.4, 0.5) is 5.13 Å². The molecular formula is C21H15N5O2S2. The molecule has 9 heteroatoms. The van der Waals surface area contributed by atoms with Crippen LogP contribution in [0.2, 0.25) is 0 Å². The number of amides is 1. The van der Waals surface area contributed by atoms with Crippen molar-refractivity contribution in [2.45, 2.75) is 13.0 Å². The molecule has 0 radical (unpaired) electrons. The van der Waals surface area contributed by atoms with E-state index in [2.05, 4.69) is 20.6 Å². The van der Waals surface area contributed by atoms with Crippen LogP contribution in [0.15, 0.2) is 65.5 Å². The zero-order valence-corrected chi connectivity index (χ0v) is 17.4. The Morgan fingerprint density at radius 2 is 1.83 bits per heavy atom. The molecule has 1 unspecified atom stereocenters. The average Bonchev–Trinajstić information content (AvgIpc) is 3.38. The number of hydrogen-bond donors (Lipinski definition) is 1. The lowest BCUT2D eigenvalue weighted by Crippen LogP contribution is -2.33. The van der Waals surface area contributed by atoms with Crippen molar-refractivity contribution in [2.75, 3.05) is 5.32 Å². The number of carbonyl (C=O) groups excluding carboxylic acids is 1. The highest BCUT2D eigenvalue weighted by Crippen LogP contribution is 2.30. The van der Waals surface area contributed by atoms with E-state index >= 15 is 0 Å². The molecule has 0 saturated heterocycles. The summed E-state index contributed by atoms with van der Waals surface area (Å²) in [6.45, 7) is 1.62. The quantitative estimate of drug-likeness (QED) is 0.456. The van der Waals surface area contributed by atoms with E-state index in [-0.39, 0.29) is 11.5 Å². The first-order valence-corrected chi connectivity index (χ1v) is 10.8. The molecule has 148 valence electrons. The fraction of sp³-hybridized carbons (Fsp3) is 0.0952. The molecule has 0 spiro atoms. The minimum absolute atomic E-state index is 0.342. The molecule has 5 rings (SSSR count). The molecule has 2 aromatic carbocycles. The maximum Gasteiger partial charge on any atom is 0.279 e. The zero-order chi connectivity index (χ0) is 20.7. The lowest BCUT2D eigenvalue weighted by molar-refractivity contribution is -0.119. The molecule has 0 aliphatic rings. The number of anilines is 1. The molecule has 3 heterocycles. The van der Waals surface area contributed by atoms with Crippen LogP contribution in [-0.2, 0) is 4.79 Å². The molecule has 0 aliphatic heterocycles. The van der Waals surface area contributed by atoms with Gasteiger partial charge in [-0.25, -0.2) is 4.98 Å². The fourth-order valence-corrected chi connectivity index (χ4v) is 4.95. The maximum absolute atomic E-state index is 13.0. The Hall–Kier alpha value is -3.43. The molecule has 3 aromatic heterocycles. The second-order valence-electron chi connectivity index (χ2n) is 6.69. The SMILES string of the molecule is CC(C(=O)Nc1nc2ccccc2s1)n1nnc2sc(-c3ccccc3)cc2c1=O. The van der Waals surface area contributed by atoms with E-state index in [1.807, 2.05) is 54.6 Å². The minimum Gasteiger partial charge on any atom is -0.300 e. The summed E-state index contributed by atoms with van der Waals surface area (Å²) >= 11 is 2.78. The van der Waals surface area contributed by atoms with E-state index in [0.29, 0.717) is 15.3 Å². The van der Waals surface area contributed by atoms with Crippen molar-refractivity contribution in [2.24, 2.45) is 0 Å². The van der Waals surface area contributed by atoms with E-state index in [1.54, 1.807) is 13.0 Å². The van der Waals surface area contributed by atoms with Crippen LogP contribution in [0.1, 0.15) is 13.0 Å². The van der Waals surface area contributed by atoms with Gasteiger partial charge in [-0.3, -0.25) is 9.59 Å². The number of thiophene rings is 1. The number of nitrogens with zero attached hydrogens (tertiary/aromatic N) is 4. The lowest BCUT2D eigenvalue weighted by atomic mass is 10.2. The van der Waals surface area contributed by atoms with E-state index in [0.717, 1.165) is 25.3 Å². The van der Waals surface area contributed by atoms with Crippen LogP contribution in [0.25, 0.3) is 30.9 Å². The van der Waals surface area contributed by atoms with Gasteiger partial charge in [-0.05, 0) is 30.7 Å². The number of hydrogen-bond acceptors (Lipinski definition) is 7. The number of aromatic nitrogens is 4. The standard InChI is InChI=1S/C21H15N5O2S2/c1-12(18(27)23-21-22-15-9-5-6-10-16(15)30-21)26-20(28)14-11-17(29-19(14)24-25-26)13-7-3-2-4-8-13/h2-12H,1H3,(H,22,23,27). The van der Waals surface area contributed by atoms with Crippen molar-refractivity contribution in [3.05, 3.63) is 71.0 Å². The Balaban J connectivity index is 1.45. The number of benzene rings is 2. The largest absolute Gasteiger partial charge is 0.300 e. The first-order valence-electron chi connectivity index (χ1n) is 9.21.